The van der Waals surface area contributed by atoms with Gasteiger partial charge in [0.2, 0.25) is 5.95 Å². The van der Waals surface area contributed by atoms with Gasteiger partial charge in [0, 0.05) is 37.8 Å². The first kappa shape index (κ1) is 30.0. The van der Waals surface area contributed by atoms with Crippen LogP contribution in [0.5, 0.6) is 0 Å². The molecular weight excluding hydrogens is 593 g/mol. The third-order valence-electron chi connectivity index (χ3n) is 8.18. The van der Waals surface area contributed by atoms with Crippen LogP contribution in [0.1, 0.15) is 71.7 Å². The minimum atomic E-state index is -4.98. The molecule has 14 heteroatoms. The molecule has 0 N–H and O–H groups in total. The van der Waals surface area contributed by atoms with E-state index >= 15 is 0 Å². The quantitative estimate of drug-likeness (QED) is 0.215. The predicted molar refractivity (Wildman–Crippen MR) is 144 cm³/mol. The molecule has 2 aliphatic heterocycles. The predicted octanol–water partition coefficient (Wildman–Crippen LogP) is 7.07. The third-order valence-corrected chi connectivity index (χ3v) is 8.18. The van der Waals surface area contributed by atoms with Gasteiger partial charge in [-0.1, -0.05) is 12.1 Å². The van der Waals surface area contributed by atoms with E-state index in [1.807, 2.05) is 4.57 Å². The standard InChI is InChI=1S/C30H27F7N6O/c1-17(19-12-20(29(32,33)34)14-21(13-19)30(35,36)37)44-25-15-26-40-41-27(24-4-2-11-42(24)28-38-9-3-10-39-28)43(26)16-23(25)18-5-7-22(31)8-6-18/h3,5-10,12-14,17,23-25H,2,4,11,15-16H2,1H3/t17-,23-,24?,25+/m1/s1. The molecule has 0 radical (unpaired) electrons. The van der Waals surface area contributed by atoms with Crippen LogP contribution in [-0.4, -0.2) is 37.4 Å². The number of fused-ring (bicyclic) bond motifs is 1. The van der Waals surface area contributed by atoms with Gasteiger partial charge in [0.1, 0.15) is 11.6 Å². The largest absolute Gasteiger partial charge is 0.416 e. The van der Waals surface area contributed by atoms with E-state index in [9.17, 15) is 30.7 Å². The summed E-state index contributed by atoms with van der Waals surface area (Å²) in [4.78, 5) is 10.8. The number of hydrogen-bond donors (Lipinski definition) is 0. The van der Waals surface area contributed by atoms with Crippen LogP contribution >= 0.6 is 0 Å². The topological polar surface area (TPSA) is 69.0 Å². The number of ether oxygens (including phenoxy) is 1. The summed E-state index contributed by atoms with van der Waals surface area (Å²) < 4.78 is 103. The van der Waals surface area contributed by atoms with Crippen LogP contribution < -0.4 is 4.90 Å². The van der Waals surface area contributed by atoms with E-state index < -0.39 is 47.4 Å². The SMILES string of the molecule is C[C@@H](O[C@H]1Cc2nnc(C3CCCN3c3ncccn3)n2C[C@@H]1c1ccc(F)cc1)c1cc(C(F)(F)F)cc(C(F)(F)F)c1. The zero-order chi connectivity index (χ0) is 31.2. The maximum Gasteiger partial charge on any atom is 0.416 e. The lowest BCUT2D eigenvalue weighted by atomic mass is 9.88. The second-order valence-corrected chi connectivity index (χ2v) is 11.0. The lowest BCUT2D eigenvalue weighted by Gasteiger charge is -2.36. The number of rotatable bonds is 6. The maximum absolute atomic E-state index is 13.9. The Hall–Kier alpha value is -4.07. The normalized spacial score (nSPS) is 21.4. The molecule has 232 valence electrons. The Bertz CT molecular complexity index is 1570. The molecule has 0 spiro atoms. The van der Waals surface area contributed by atoms with Crippen LogP contribution in [0, 0.1) is 5.82 Å². The van der Waals surface area contributed by atoms with E-state index in [1.165, 1.54) is 19.1 Å². The summed E-state index contributed by atoms with van der Waals surface area (Å²) in [6, 6.07) is 8.81. The fraction of sp³-hybridized carbons (Fsp3) is 0.400. The highest BCUT2D eigenvalue weighted by Crippen LogP contribution is 2.41. The van der Waals surface area contributed by atoms with Gasteiger partial charge in [-0.05, 0) is 67.3 Å². The maximum atomic E-state index is 13.9. The van der Waals surface area contributed by atoms with Crippen LogP contribution in [-0.2, 0) is 30.1 Å². The molecule has 44 heavy (non-hydrogen) atoms. The molecule has 6 rings (SSSR count). The van der Waals surface area contributed by atoms with Crippen LogP contribution in [0.25, 0.3) is 0 Å². The number of anilines is 1. The fourth-order valence-corrected chi connectivity index (χ4v) is 6.02. The summed E-state index contributed by atoms with van der Waals surface area (Å²) in [6.07, 6.45) is -6.65. The number of aromatic nitrogens is 5. The molecular formula is C30H27F7N6O. The summed E-state index contributed by atoms with van der Waals surface area (Å²) in [5.74, 6) is 0.936. The lowest BCUT2D eigenvalue weighted by Crippen LogP contribution is -2.37. The summed E-state index contributed by atoms with van der Waals surface area (Å²) in [7, 11) is 0. The molecule has 1 saturated heterocycles. The van der Waals surface area contributed by atoms with Crippen molar-refractivity contribution < 1.29 is 35.5 Å². The van der Waals surface area contributed by atoms with Gasteiger partial charge in [0.25, 0.3) is 0 Å². The Morgan fingerprint density at radius 1 is 0.909 bits per heavy atom. The molecule has 2 aromatic carbocycles. The van der Waals surface area contributed by atoms with Crippen molar-refractivity contribution in [2.45, 2.75) is 69.3 Å². The van der Waals surface area contributed by atoms with Gasteiger partial charge in [-0.3, -0.25) is 0 Å². The van der Waals surface area contributed by atoms with Crippen molar-refractivity contribution in [3.05, 3.63) is 101 Å². The molecule has 1 fully saturated rings. The highest BCUT2D eigenvalue weighted by atomic mass is 19.4. The van der Waals surface area contributed by atoms with Crippen molar-refractivity contribution in [1.29, 1.82) is 0 Å². The molecule has 4 atom stereocenters. The van der Waals surface area contributed by atoms with Gasteiger partial charge in [-0.15, -0.1) is 10.2 Å². The Labute approximate surface area is 247 Å². The number of nitrogens with zero attached hydrogens (tertiary/aromatic N) is 6. The minimum absolute atomic E-state index is 0.0922. The molecule has 1 unspecified atom stereocenters. The Kier molecular flexibility index (Phi) is 7.80. The van der Waals surface area contributed by atoms with Crippen molar-refractivity contribution in [1.82, 2.24) is 24.7 Å². The summed E-state index contributed by atoms with van der Waals surface area (Å²) in [5.41, 5.74) is -2.39. The molecule has 2 aromatic heterocycles. The number of benzene rings is 2. The van der Waals surface area contributed by atoms with E-state index in [-0.39, 0.29) is 24.1 Å². The Morgan fingerprint density at radius 2 is 1.57 bits per heavy atom. The van der Waals surface area contributed by atoms with Crippen molar-refractivity contribution in [3.8, 4) is 0 Å². The van der Waals surface area contributed by atoms with Gasteiger partial charge >= 0.3 is 12.4 Å². The van der Waals surface area contributed by atoms with Gasteiger partial charge in [0.05, 0.1) is 29.4 Å². The molecule has 7 nitrogen and oxygen atoms in total. The van der Waals surface area contributed by atoms with Crippen molar-refractivity contribution in [2.24, 2.45) is 0 Å². The average Bonchev–Trinajstić information content (AvgIpc) is 3.63. The van der Waals surface area contributed by atoms with Crippen molar-refractivity contribution in [2.75, 3.05) is 11.4 Å². The monoisotopic (exact) mass is 620 g/mol. The molecule has 0 bridgehead atoms. The lowest BCUT2D eigenvalue weighted by molar-refractivity contribution is -0.143. The molecule has 0 amide bonds. The molecule has 0 aliphatic carbocycles. The zero-order valence-corrected chi connectivity index (χ0v) is 23.4. The minimum Gasteiger partial charge on any atom is -0.369 e. The third kappa shape index (κ3) is 5.99. The van der Waals surface area contributed by atoms with Crippen LogP contribution in [0.4, 0.5) is 36.7 Å². The fourth-order valence-electron chi connectivity index (χ4n) is 6.02. The number of halogens is 7. The van der Waals surface area contributed by atoms with E-state index in [2.05, 4.69) is 25.1 Å². The molecule has 4 heterocycles. The van der Waals surface area contributed by atoms with Crippen LogP contribution in [0.15, 0.2) is 60.9 Å². The highest BCUT2D eigenvalue weighted by molar-refractivity contribution is 5.36. The second kappa shape index (κ2) is 11.5. The van der Waals surface area contributed by atoms with Crippen molar-refractivity contribution in [3.63, 3.8) is 0 Å². The first-order valence-corrected chi connectivity index (χ1v) is 14.0. The van der Waals surface area contributed by atoms with E-state index in [4.69, 9.17) is 4.74 Å². The van der Waals surface area contributed by atoms with Crippen molar-refractivity contribution >= 4 is 5.95 Å². The Morgan fingerprint density at radius 3 is 2.20 bits per heavy atom. The van der Waals surface area contributed by atoms with Gasteiger partial charge in [-0.25, -0.2) is 14.4 Å². The van der Waals surface area contributed by atoms with Gasteiger partial charge in [0.15, 0.2) is 5.82 Å². The molecule has 4 aromatic rings. The second-order valence-electron chi connectivity index (χ2n) is 11.0. The van der Waals surface area contributed by atoms with Gasteiger partial charge < -0.3 is 14.2 Å². The molecule has 0 saturated carbocycles. The van der Waals surface area contributed by atoms with E-state index in [1.54, 1.807) is 30.6 Å². The average molecular weight is 621 g/mol. The van der Waals surface area contributed by atoms with E-state index in [0.717, 1.165) is 19.4 Å². The first-order chi connectivity index (χ1) is 20.9. The summed E-state index contributed by atoms with van der Waals surface area (Å²) in [6.45, 7) is 2.44. The van der Waals surface area contributed by atoms with Crippen LogP contribution in [0.3, 0.4) is 0 Å². The van der Waals surface area contributed by atoms with Crippen LogP contribution in [0.2, 0.25) is 0 Å². The molecule has 2 aliphatic rings. The smallest absolute Gasteiger partial charge is 0.369 e. The summed E-state index contributed by atoms with van der Waals surface area (Å²) in [5, 5.41) is 8.90. The number of alkyl halides is 6. The van der Waals surface area contributed by atoms with Gasteiger partial charge in [-0.2, -0.15) is 26.3 Å². The zero-order valence-electron chi connectivity index (χ0n) is 23.4. The Balaban J connectivity index is 1.34. The summed E-state index contributed by atoms with van der Waals surface area (Å²) >= 11 is 0. The highest BCUT2D eigenvalue weighted by Gasteiger charge is 2.40. The first-order valence-electron chi connectivity index (χ1n) is 14.0. The number of hydrogen-bond acceptors (Lipinski definition) is 6. The van der Waals surface area contributed by atoms with E-state index in [0.29, 0.717) is 41.8 Å².